The molecule has 0 spiro atoms. The van der Waals surface area contributed by atoms with Gasteiger partial charge in [0.2, 0.25) is 10.0 Å². The molecule has 0 aromatic heterocycles. The number of anilines is 1. The molecule has 2 N–H and O–H groups in total. The Morgan fingerprint density at radius 2 is 2.22 bits per heavy atom. The van der Waals surface area contributed by atoms with Gasteiger partial charge in [0.1, 0.15) is 10.7 Å². The van der Waals surface area contributed by atoms with Gasteiger partial charge in [-0.3, -0.25) is 0 Å². The van der Waals surface area contributed by atoms with Gasteiger partial charge in [-0.2, -0.15) is 16.1 Å². The zero-order valence-corrected chi connectivity index (χ0v) is 11.6. The Kier molecular flexibility index (Phi) is 3.84. The van der Waals surface area contributed by atoms with Crippen LogP contribution in [0.3, 0.4) is 0 Å². The topological polar surface area (TPSA) is 63.4 Å². The molecule has 100 valence electrons. The Labute approximate surface area is 110 Å². The Bertz CT molecular complexity index is 542. The predicted molar refractivity (Wildman–Crippen MR) is 71.5 cm³/mol. The van der Waals surface area contributed by atoms with Gasteiger partial charge in [0.05, 0.1) is 0 Å². The molecule has 0 bridgehead atoms. The van der Waals surface area contributed by atoms with Crippen molar-refractivity contribution in [1.29, 1.82) is 0 Å². The minimum atomic E-state index is -3.81. The molecule has 0 radical (unpaired) electrons. The van der Waals surface area contributed by atoms with Crippen molar-refractivity contribution < 1.29 is 12.8 Å². The van der Waals surface area contributed by atoms with E-state index >= 15 is 0 Å². The third kappa shape index (κ3) is 2.48. The minimum absolute atomic E-state index is 0.0687. The first-order valence-electron chi connectivity index (χ1n) is 5.53. The van der Waals surface area contributed by atoms with Gasteiger partial charge in [0, 0.05) is 24.5 Å². The van der Waals surface area contributed by atoms with E-state index in [1.165, 1.54) is 23.5 Å². The van der Waals surface area contributed by atoms with Crippen molar-refractivity contribution in [2.45, 2.75) is 17.4 Å². The zero-order chi connectivity index (χ0) is 13.3. The predicted octanol–water partition coefficient (Wildman–Crippen LogP) is 1.53. The van der Waals surface area contributed by atoms with E-state index in [0.29, 0.717) is 0 Å². The fraction of sp³-hybridized carbons (Fsp3) is 0.455. The van der Waals surface area contributed by atoms with E-state index in [-0.39, 0.29) is 16.6 Å². The first-order valence-corrected chi connectivity index (χ1v) is 8.13. The molecule has 2 rings (SSSR count). The van der Waals surface area contributed by atoms with E-state index in [1.807, 2.05) is 0 Å². The number of hydrogen-bond donors (Lipinski definition) is 1. The molecule has 1 atom stereocenters. The molecular formula is C11H15FN2O2S2. The van der Waals surface area contributed by atoms with Crippen molar-refractivity contribution in [3.63, 3.8) is 0 Å². The van der Waals surface area contributed by atoms with Gasteiger partial charge < -0.3 is 5.73 Å². The third-order valence-electron chi connectivity index (χ3n) is 3.03. The van der Waals surface area contributed by atoms with Gasteiger partial charge in [0.25, 0.3) is 0 Å². The quantitative estimate of drug-likeness (QED) is 0.858. The summed E-state index contributed by atoms with van der Waals surface area (Å²) in [6, 6.07) is 3.53. The van der Waals surface area contributed by atoms with Crippen LogP contribution in [0.25, 0.3) is 0 Å². The van der Waals surface area contributed by atoms with Gasteiger partial charge in [-0.05, 0) is 30.4 Å². The first-order chi connectivity index (χ1) is 8.43. The largest absolute Gasteiger partial charge is 0.399 e. The highest BCUT2D eigenvalue weighted by Crippen LogP contribution is 2.28. The van der Waals surface area contributed by atoms with Crippen LogP contribution in [0.4, 0.5) is 10.1 Å². The zero-order valence-electron chi connectivity index (χ0n) is 9.97. The monoisotopic (exact) mass is 290 g/mol. The van der Waals surface area contributed by atoms with E-state index in [4.69, 9.17) is 5.73 Å². The number of benzene rings is 1. The number of hydrogen-bond acceptors (Lipinski definition) is 4. The van der Waals surface area contributed by atoms with E-state index in [2.05, 4.69) is 0 Å². The molecular weight excluding hydrogens is 275 g/mol. The Morgan fingerprint density at radius 3 is 2.83 bits per heavy atom. The highest BCUT2D eigenvalue weighted by atomic mass is 32.2. The van der Waals surface area contributed by atoms with Crippen molar-refractivity contribution in [1.82, 2.24) is 4.31 Å². The minimum Gasteiger partial charge on any atom is -0.399 e. The number of sulfonamides is 1. The number of nitrogens with zero attached hydrogens (tertiary/aromatic N) is 1. The van der Waals surface area contributed by atoms with Crippen molar-refractivity contribution in [2.24, 2.45) is 0 Å². The summed E-state index contributed by atoms with van der Waals surface area (Å²) in [5.41, 5.74) is 5.76. The van der Waals surface area contributed by atoms with Crippen molar-refractivity contribution >= 4 is 27.5 Å². The number of rotatable bonds is 3. The normalized spacial score (nSPS) is 20.5. The number of nitrogen functional groups attached to an aromatic ring is 1. The number of thioether (sulfide) groups is 1. The van der Waals surface area contributed by atoms with Gasteiger partial charge in [0.15, 0.2) is 0 Å². The van der Waals surface area contributed by atoms with Gasteiger partial charge in [-0.15, -0.1) is 0 Å². The highest BCUT2D eigenvalue weighted by Gasteiger charge is 2.32. The molecule has 4 nitrogen and oxygen atoms in total. The van der Waals surface area contributed by atoms with Crippen molar-refractivity contribution in [3.05, 3.63) is 24.0 Å². The fourth-order valence-electron chi connectivity index (χ4n) is 1.88. The summed E-state index contributed by atoms with van der Waals surface area (Å²) in [5, 5.41) is 0. The summed E-state index contributed by atoms with van der Waals surface area (Å²) in [5.74, 6) is 0.922. The van der Waals surface area contributed by atoms with E-state index in [1.54, 1.807) is 11.8 Å². The molecule has 1 heterocycles. The molecule has 0 amide bonds. The van der Waals surface area contributed by atoms with Crippen molar-refractivity contribution in [3.8, 4) is 0 Å². The second kappa shape index (κ2) is 5.07. The van der Waals surface area contributed by atoms with Gasteiger partial charge in [-0.25, -0.2) is 12.8 Å². The van der Waals surface area contributed by atoms with Crippen LogP contribution in [-0.2, 0) is 10.0 Å². The molecule has 7 heteroatoms. The van der Waals surface area contributed by atoms with Crippen LogP contribution in [0.1, 0.15) is 6.42 Å². The summed E-state index contributed by atoms with van der Waals surface area (Å²) < 4.78 is 39.5. The molecule has 1 aromatic rings. The van der Waals surface area contributed by atoms with Crippen LogP contribution >= 0.6 is 11.8 Å². The standard InChI is InChI=1S/C11H15FN2O2S2/c1-14(9-4-5-17-7-9)18(15,16)11-6-8(13)2-3-10(11)12/h2-3,6,9H,4-5,7,13H2,1H3. The molecule has 1 unspecified atom stereocenters. The smallest absolute Gasteiger partial charge is 0.246 e. The van der Waals surface area contributed by atoms with Crippen LogP contribution in [0, 0.1) is 5.82 Å². The SMILES string of the molecule is CN(C1CCSC1)S(=O)(=O)c1cc(N)ccc1F. The van der Waals surface area contributed by atoms with Crippen LogP contribution < -0.4 is 5.73 Å². The molecule has 1 aliphatic heterocycles. The second-order valence-corrected chi connectivity index (χ2v) is 7.34. The third-order valence-corrected chi connectivity index (χ3v) is 6.10. The molecule has 0 aliphatic carbocycles. The number of nitrogens with two attached hydrogens (primary N) is 1. The van der Waals surface area contributed by atoms with Crippen LogP contribution in [-0.4, -0.2) is 37.3 Å². The maximum absolute atomic E-state index is 13.6. The average molecular weight is 290 g/mol. The number of halogens is 1. The Balaban J connectivity index is 2.37. The van der Waals surface area contributed by atoms with Crippen LogP contribution in [0.5, 0.6) is 0 Å². The maximum atomic E-state index is 13.6. The summed E-state index contributed by atoms with van der Waals surface area (Å²) in [6.45, 7) is 0. The summed E-state index contributed by atoms with van der Waals surface area (Å²) >= 11 is 1.70. The maximum Gasteiger partial charge on any atom is 0.246 e. The molecule has 1 fully saturated rings. The lowest BCUT2D eigenvalue weighted by atomic mass is 10.3. The van der Waals surface area contributed by atoms with Crippen molar-refractivity contribution in [2.75, 3.05) is 24.3 Å². The van der Waals surface area contributed by atoms with Gasteiger partial charge >= 0.3 is 0 Å². The summed E-state index contributed by atoms with van der Waals surface area (Å²) in [4.78, 5) is -0.345. The van der Waals surface area contributed by atoms with Crippen LogP contribution in [0.2, 0.25) is 0 Å². The highest BCUT2D eigenvalue weighted by molar-refractivity contribution is 7.99. The second-order valence-electron chi connectivity index (χ2n) is 4.23. The van der Waals surface area contributed by atoms with E-state index in [9.17, 15) is 12.8 Å². The Hall–Kier alpha value is -0.790. The lowest BCUT2D eigenvalue weighted by Crippen LogP contribution is -2.37. The van der Waals surface area contributed by atoms with Gasteiger partial charge in [-0.1, -0.05) is 0 Å². The molecule has 1 saturated heterocycles. The summed E-state index contributed by atoms with van der Waals surface area (Å²) in [6.07, 6.45) is 0.796. The average Bonchev–Trinajstić information content (AvgIpc) is 2.84. The van der Waals surface area contributed by atoms with E-state index in [0.717, 1.165) is 24.0 Å². The molecule has 1 aromatic carbocycles. The van der Waals surface area contributed by atoms with E-state index < -0.39 is 15.8 Å². The molecule has 18 heavy (non-hydrogen) atoms. The Morgan fingerprint density at radius 1 is 1.50 bits per heavy atom. The fourth-order valence-corrected chi connectivity index (χ4v) is 4.72. The lowest BCUT2D eigenvalue weighted by Gasteiger charge is -2.23. The molecule has 0 saturated carbocycles. The first kappa shape index (κ1) is 13.6. The molecule has 1 aliphatic rings. The summed E-state index contributed by atoms with van der Waals surface area (Å²) in [7, 11) is -2.32. The van der Waals surface area contributed by atoms with Crippen LogP contribution in [0.15, 0.2) is 23.1 Å². The lowest BCUT2D eigenvalue weighted by molar-refractivity contribution is 0.392.